The van der Waals surface area contributed by atoms with Gasteiger partial charge < -0.3 is 15.5 Å². The quantitative estimate of drug-likeness (QED) is 0.834. The lowest BCUT2D eigenvalue weighted by molar-refractivity contribution is -0.133. The first-order valence-corrected chi connectivity index (χ1v) is 10.7. The van der Waals surface area contributed by atoms with Gasteiger partial charge in [0.25, 0.3) is 0 Å². The number of piperazine rings is 1. The van der Waals surface area contributed by atoms with E-state index in [1.54, 1.807) is 6.33 Å². The van der Waals surface area contributed by atoms with E-state index in [9.17, 15) is 4.79 Å². The van der Waals surface area contributed by atoms with Gasteiger partial charge in [0.05, 0.1) is 6.04 Å². The first-order chi connectivity index (χ1) is 13.9. The highest BCUT2D eigenvalue weighted by Gasteiger charge is 2.33. The number of benzene rings is 1. The number of anilines is 1. The Bertz CT molecular complexity index is 887. The number of halogens is 1. The number of nitrogens with two attached hydrogens (primary N) is 1. The highest BCUT2D eigenvalue weighted by Crippen LogP contribution is 2.38. The molecule has 3 atom stereocenters. The van der Waals surface area contributed by atoms with Crippen LogP contribution in [-0.4, -0.2) is 52.5 Å². The molecule has 6 nitrogen and oxygen atoms in total. The molecular formula is C22H28ClN5O. The fraction of sp³-hybridized carbons (Fsp3) is 0.500. The van der Waals surface area contributed by atoms with Gasteiger partial charge in [-0.05, 0) is 49.8 Å². The van der Waals surface area contributed by atoms with Gasteiger partial charge in [-0.25, -0.2) is 9.97 Å². The predicted octanol–water partition coefficient (Wildman–Crippen LogP) is 2.79. The molecule has 7 heteroatoms. The highest BCUT2D eigenvalue weighted by atomic mass is 35.5. The zero-order valence-corrected chi connectivity index (χ0v) is 17.8. The molecule has 2 heterocycles. The van der Waals surface area contributed by atoms with Crippen molar-refractivity contribution in [3.05, 3.63) is 52.4 Å². The third kappa shape index (κ3) is 4.09. The van der Waals surface area contributed by atoms with Gasteiger partial charge in [0.15, 0.2) is 0 Å². The monoisotopic (exact) mass is 413 g/mol. The molecule has 0 bridgehead atoms. The molecule has 1 aromatic heterocycles. The molecule has 2 aliphatic rings. The van der Waals surface area contributed by atoms with E-state index in [4.69, 9.17) is 17.3 Å². The number of hydrogen-bond donors (Lipinski definition) is 1. The number of rotatable bonds is 4. The molecule has 1 aliphatic heterocycles. The Morgan fingerprint density at radius 2 is 2.00 bits per heavy atom. The van der Waals surface area contributed by atoms with Crippen LogP contribution >= 0.6 is 11.6 Å². The van der Waals surface area contributed by atoms with Crippen LogP contribution in [0.25, 0.3) is 0 Å². The van der Waals surface area contributed by atoms with E-state index in [1.807, 2.05) is 29.2 Å². The van der Waals surface area contributed by atoms with Gasteiger partial charge in [-0.1, -0.05) is 30.7 Å². The zero-order valence-electron chi connectivity index (χ0n) is 17.0. The number of carbonyl (C=O) groups excluding carboxylic acids is 1. The van der Waals surface area contributed by atoms with E-state index >= 15 is 0 Å². The van der Waals surface area contributed by atoms with Gasteiger partial charge in [-0.15, -0.1) is 0 Å². The minimum Gasteiger partial charge on any atom is -0.350 e. The van der Waals surface area contributed by atoms with Gasteiger partial charge in [0.1, 0.15) is 12.1 Å². The Morgan fingerprint density at radius 1 is 1.24 bits per heavy atom. The van der Waals surface area contributed by atoms with Gasteiger partial charge >= 0.3 is 0 Å². The second-order valence-electron chi connectivity index (χ2n) is 8.26. The Kier molecular flexibility index (Phi) is 5.74. The van der Waals surface area contributed by atoms with Gasteiger partial charge in [0, 0.05) is 42.0 Å². The van der Waals surface area contributed by atoms with E-state index in [1.165, 1.54) is 11.3 Å². The number of carbonyl (C=O) groups is 1. The summed E-state index contributed by atoms with van der Waals surface area (Å²) >= 11 is 5.94. The van der Waals surface area contributed by atoms with Gasteiger partial charge in [-0.2, -0.15) is 0 Å². The Labute approximate surface area is 177 Å². The van der Waals surface area contributed by atoms with E-state index in [0.29, 0.717) is 30.5 Å². The standard InChI is InChI=1S/C22H28ClN5O/c1-14-3-8-19-20(14)21(26-13-25-19)28-10-9-27(12-15(28)2)22(29)18(24)11-16-4-6-17(23)7-5-16/h4-7,13-15,18H,3,8-12,24H2,1-2H3/t14-,15+,18-/m1/s1. The molecular weight excluding hydrogens is 386 g/mol. The molecule has 29 heavy (non-hydrogen) atoms. The summed E-state index contributed by atoms with van der Waals surface area (Å²) in [5, 5.41) is 0.684. The third-order valence-corrected chi connectivity index (χ3v) is 6.40. The molecule has 1 saturated heterocycles. The summed E-state index contributed by atoms with van der Waals surface area (Å²) in [6, 6.07) is 7.15. The topological polar surface area (TPSA) is 75.4 Å². The van der Waals surface area contributed by atoms with Gasteiger partial charge in [0.2, 0.25) is 5.91 Å². The molecule has 1 aliphatic carbocycles. The largest absolute Gasteiger partial charge is 0.350 e. The minimum absolute atomic E-state index is 0.00716. The van der Waals surface area contributed by atoms with Crippen LogP contribution in [0.1, 0.15) is 43.0 Å². The van der Waals surface area contributed by atoms with Crippen molar-refractivity contribution in [3.63, 3.8) is 0 Å². The number of aryl methyl sites for hydroxylation is 1. The van der Waals surface area contributed by atoms with E-state index in [0.717, 1.165) is 30.8 Å². The van der Waals surface area contributed by atoms with Crippen molar-refractivity contribution in [1.82, 2.24) is 14.9 Å². The molecule has 0 spiro atoms. The molecule has 1 aromatic carbocycles. The van der Waals surface area contributed by atoms with Crippen LogP contribution in [0.15, 0.2) is 30.6 Å². The number of amides is 1. The lowest BCUT2D eigenvalue weighted by Gasteiger charge is -2.42. The van der Waals surface area contributed by atoms with E-state index in [-0.39, 0.29) is 11.9 Å². The number of nitrogens with zero attached hydrogens (tertiary/aromatic N) is 4. The molecule has 2 N–H and O–H groups in total. The minimum atomic E-state index is -0.543. The summed E-state index contributed by atoms with van der Waals surface area (Å²) < 4.78 is 0. The van der Waals surface area contributed by atoms with Crippen LogP contribution in [0, 0.1) is 0 Å². The maximum atomic E-state index is 12.9. The van der Waals surface area contributed by atoms with Crippen molar-refractivity contribution in [2.24, 2.45) is 5.73 Å². The smallest absolute Gasteiger partial charge is 0.239 e. The van der Waals surface area contributed by atoms with Crippen LogP contribution in [0.5, 0.6) is 0 Å². The summed E-state index contributed by atoms with van der Waals surface area (Å²) in [5.41, 5.74) is 9.73. The van der Waals surface area contributed by atoms with Crippen LogP contribution in [0.2, 0.25) is 5.02 Å². The maximum absolute atomic E-state index is 12.9. The normalized spacial score (nSPS) is 22.5. The number of fused-ring (bicyclic) bond motifs is 1. The second kappa shape index (κ2) is 8.28. The van der Waals surface area contributed by atoms with Crippen LogP contribution < -0.4 is 10.6 Å². The molecule has 154 valence electrons. The molecule has 1 fully saturated rings. The first kappa shape index (κ1) is 20.1. The average Bonchev–Trinajstić information content (AvgIpc) is 3.10. The summed E-state index contributed by atoms with van der Waals surface area (Å²) in [6.45, 7) is 6.47. The van der Waals surface area contributed by atoms with Crippen molar-refractivity contribution < 1.29 is 4.79 Å². The SMILES string of the molecule is C[C@@H]1CCc2ncnc(N3CCN(C(=O)[C@H](N)Cc4ccc(Cl)cc4)C[C@@H]3C)c21. The molecule has 4 rings (SSSR count). The lowest BCUT2D eigenvalue weighted by Crippen LogP contribution is -2.57. The van der Waals surface area contributed by atoms with E-state index in [2.05, 4.69) is 28.7 Å². The summed E-state index contributed by atoms with van der Waals surface area (Å²) in [5.74, 6) is 1.54. The van der Waals surface area contributed by atoms with E-state index < -0.39 is 6.04 Å². The van der Waals surface area contributed by atoms with Crippen LogP contribution in [0.3, 0.4) is 0 Å². The molecule has 0 radical (unpaired) electrons. The Hall–Kier alpha value is -2.18. The summed E-state index contributed by atoms with van der Waals surface area (Å²) in [7, 11) is 0. The zero-order chi connectivity index (χ0) is 20.5. The van der Waals surface area contributed by atoms with Crippen molar-refractivity contribution in [2.45, 2.75) is 51.1 Å². The second-order valence-corrected chi connectivity index (χ2v) is 8.70. The van der Waals surface area contributed by atoms with Crippen molar-refractivity contribution in [3.8, 4) is 0 Å². The van der Waals surface area contributed by atoms with Crippen LogP contribution in [0.4, 0.5) is 5.82 Å². The average molecular weight is 414 g/mol. The maximum Gasteiger partial charge on any atom is 0.239 e. The highest BCUT2D eigenvalue weighted by molar-refractivity contribution is 6.30. The molecule has 0 unspecified atom stereocenters. The van der Waals surface area contributed by atoms with Crippen molar-refractivity contribution in [2.75, 3.05) is 24.5 Å². The fourth-order valence-electron chi connectivity index (χ4n) is 4.52. The summed E-state index contributed by atoms with van der Waals surface area (Å²) in [4.78, 5) is 26.2. The Balaban J connectivity index is 1.42. The first-order valence-electron chi connectivity index (χ1n) is 10.3. The summed E-state index contributed by atoms with van der Waals surface area (Å²) in [6.07, 6.45) is 4.35. The third-order valence-electron chi connectivity index (χ3n) is 6.15. The number of aromatic nitrogens is 2. The Morgan fingerprint density at radius 3 is 2.72 bits per heavy atom. The van der Waals surface area contributed by atoms with Crippen LogP contribution in [-0.2, 0) is 17.6 Å². The number of hydrogen-bond acceptors (Lipinski definition) is 5. The fourth-order valence-corrected chi connectivity index (χ4v) is 4.65. The van der Waals surface area contributed by atoms with Crippen molar-refractivity contribution >= 4 is 23.3 Å². The lowest BCUT2D eigenvalue weighted by atomic mass is 10.0. The molecule has 2 aromatic rings. The molecule has 0 saturated carbocycles. The van der Waals surface area contributed by atoms with Gasteiger partial charge in [-0.3, -0.25) is 4.79 Å². The molecule has 1 amide bonds. The van der Waals surface area contributed by atoms with Crippen molar-refractivity contribution in [1.29, 1.82) is 0 Å². The predicted molar refractivity (Wildman–Crippen MR) is 115 cm³/mol.